The molecule has 0 bridgehead atoms. The maximum absolute atomic E-state index is 4.17. The molecule has 1 aliphatic rings. The normalized spacial score (nSPS) is 14.9. The third-order valence-electron chi connectivity index (χ3n) is 3.99. The Bertz CT molecular complexity index is 766. The first-order valence-electron chi connectivity index (χ1n) is 7.44. The molecule has 21 heavy (non-hydrogen) atoms. The van der Waals surface area contributed by atoms with Crippen LogP contribution in [0.5, 0.6) is 0 Å². The van der Waals surface area contributed by atoms with Gasteiger partial charge in [0.15, 0.2) is 0 Å². The van der Waals surface area contributed by atoms with Crippen LogP contribution in [0.1, 0.15) is 24.1 Å². The van der Waals surface area contributed by atoms with Crippen molar-refractivity contribution in [3.05, 3.63) is 47.9 Å². The number of rotatable bonds is 5. The van der Waals surface area contributed by atoms with Crippen LogP contribution in [0.25, 0.3) is 10.9 Å². The van der Waals surface area contributed by atoms with Crippen molar-refractivity contribution >= 4 is 10.9 Å². The van der Waals surface area contributed by atoms with E-state index in [1.165, 1.54) is 29.3 Å². The largest absolute Gasteiger partial charge is 0.341 e. The Balaban J connectivity index is 1.60. The Labute approximate surface area is 123 Å². The van der Waals surface area contributed by atoms with E-state index in [1.807, 2.05) is 13.2 Å². The third kappa shape index (κ3) is 2.69. The fourth-order valence-electron chi connectivity index (χ4n) is 2.67. The Morgan fingerprint density at radius 2 is 2.19 bits per heavy atom. The van der Waals surface area contributed by atoms with Crippen molar-refractivity contribution in [2.75, 3.05) is 0 Å². The summed E-state index contributed by atoms with van der Waals surface area (Å²) in [7, 11) is 1.89. The summed E-state index contributed by atoms with van der Waals surface area (Å²) >= 11 is 0. The van der Waals surface area contributed by atoms with Gasteiger partial charge in [-0.15, -0.1) is 5.10 Å². The van der Waals surface area contributed by atoms with Crippen LogP contribution < -0.4 is 5.32 Å². The molecule has 0 aliphatic heterocycles. The number of hydrogen-bond donors (Lipinski definition) is 1. The molecular formula is C16H19N5. The van der Waals surface area contributed by atoms with Crippen LogP contribution in [0, 0.1) is 0 Å². The van der Waals surface area contributed by atoms with Crippen molar-refractivity contribution in [1.29, 1.82) is 0 Å². The molecule has 4 rings (SSSR count). The minimum absolute atomic E-state index is 0.743. The number of aryl methyl sites for hydroxylation is 1. The predicted octanol–water partition coefficient (Wildman–Crippen LogP) is 2.07. The number of nitrogens with one attached hydrogen (secondary N) is 1. The molecule has 0 spiro atoms. The lowest BCUT2D eigenvalue weighted by molar-refractivity contribution is 0.688. The highest BCUT2D eigenvalue weighted by Gasteiger charge is 2.19. The van der Waals surface area contributed by atoms with Gasteiger partial charge in [0.2, 0.25) is 0 Å². The van der Waals surface area contributed by atoms with Crippen LogP contribution in [0.4, 0.5) is 0 Å². The zero-order valence-electron chi connectivity index (χ0n) is 12.2. The van der Waals surface area contributed by atoms with E-state index in [4.69, 9.17) is 0 Å². The second-order valence-electron chi connectivity index (χ2n) is 5.88. The van der Waals surface area contributed by atoms with E-state index >= 15 is 0 Å². The van der Waals surface area contributed by atoms with Gasteiger partial charge in [0, 0.05) is 37.5 Å². The van der Waals surface area contributed by atoms with Crippen molar-refractivity contribution in [3.8, 4) is 0 Å². The van der Waals surface area contributed by atoms with E-state index < -0.39 is 0 Å². The van der Waals surface area contributed by atoms with E-state index in [9.17, 15) is 0 Å². The van der Waals surface area contributed by atoms with E-state index in [1.54, 1.807) is 4.68 Å². The molecule has 1 N–H and O–H groups in total. The van der Waals surface area contributed by atoms with Gasteiger partial charge >= 0.3 is 0 Å². The summed E-state index contributed by atoms with van der Waals surface area (Å²) in [5.74, 6) is 0. The first-order chi connectivity index (χ1) is 10.3. The average molecular weight is 281 g/mol. The van der Waals surface area contributed by atoms with Crippen molar-refractivity contribution < 1.29 is 0 Å². The van der Waals surface area contributed by atoms with Crippen molar-refractivity contribution in [3.63, 3.8) is 0 Å². The Hall–Kier alpha value is -2.14. The van der Waals surface area contributed by atoms with Gasteiger partial charge in [0.05, 0.1) is 6.54 Å². The maximum atomic E-state index is 4.17. The molecule has 0 radical (unpaired) electrons. The van der Waals surface area contributed by atoms with E-state index in [0.29, 0.717) is 0 Å². The molecule has 0 atom stereocenters. The Morgan fingerprint density at radius 1 is 1.29 bits per heavy atom. The van der Waals surface area contributed by atoms with Gasteiger partial charge < -0.3 is 9.88 Å². The highest BCUT2D eigenvalue weighted by Crippen LogP contribution is 2.21. The molecule has 1 aliphatic carbocycles. The fraction of sp³-hybridized carbons (Fsp3) is 0.375. The van der Waals surface area contributed by atoms with Crippen molar-refractivity contribution in [2.45, 2.75) is 32.0 Å². The monoisotopic (exact) mass is 281 g/mol. The molecule has 0 unspecified atom stereocenters. The zero-order valence-corrected chi connectivity index (χ0v) is 12.2. The third-order valence-corrected chi connectivity index (χ3v) is 3.99. The summed E-state index contributed by atoms with van der Waals surface area (Å²) in [6.07, 6.45) is 6.73. The van der Waals surface area contributed by atoms with Gasteiger partial charge in [-0.2, -0.15) is 0 Å². The first kappa shape index (κ1) is 12.6. The molecular weight excluding hydrogens is 262 g/mol. The second kappa shape index (κ2) is 5.00. The number of aromatic nitrogens is 4. The average Bonchev–Trinajstić information content (AvgIpc) is 3.12. The predicted molar refractivity (Wildman–Crippen MR) is 81.9 cm³/mol. The molecule has 0 saturated heterocycles. The summed E-state index contributed by atoms with van der Waals surface area (Å²) in [5.41, 5.74) is 3.58. The lowest BCUT2D eigenvalue weighted by atomic mass is 10.1. The van der Waals surface area contributed by atoms with Crippen LogP contribution in [0.15, 0.2) is 36.7 Å². The Kier molecular flexibility index (Phi) is 3.00. The van der Waals surface area contributed by atoms with Crippen LogP contribution in [-0.4, -0.2) is 25.6 Å². The van der Waals surface area contributed by atoms with Gasteiger partial charge in [-0.05, 0) is 35.9 Å². The number of fused-ring (bicyclic) bond motifs is 1. The summed E-state index contributed by atoms with van der Waals surface area (Å²) in [6.45, 7) is 1.72. The molecule has 0 amide bonds. The maximum Gasteiger partial charge on any atom is 0.102 e. The smallest absolute Gasteiger partial charge is 0.102 e. The van der Waals surface area contributed by atoms with Crippen LogP contribution in [0.2, 0.25) is 0 Å². The second-order valence-corrected chi connectivity index (χ2v) is 5.88. The van der Waals surface area contributed by atoms with Gasteiger partial charge in [0.1, 0.15) is 5.69 Å². The van der Waals surface area contributed by atoms with Gasteiger partial charge in [-0.3, -0.25) is 4.68 Å². The summed E-state index contributed by atoms with van der Waals surface area (Å²) < 4.78 is 3.98. The minimum atomic E-state index is 0.743. The fourth-order valence-corrected chi connectivity index (χ4v) is 2.67. The highest BCUT2D eigenvalue weighted by molar-refractivity contribution is 5.80. The van der Waals surface area contributed by atoms with Gasteiger partial charge in [-0.25, -0.2) is 0 Å². The molecule has 2 heterocycles. The summed E-state index contributed by atoms with van der Waals surface area (Å²) in [6, 6.07) is 9.59. The molecule has 108 valence electrons. The SMILES string of the molecule is Cn1cc(Cn2ccc3ccc(CNC4CC4)cc32)nn1. The first-order valence-corrected chi connectivity index (χ1v) is 7.44. The molecule has 5 heteroatoms. The van der Waals surface area contributed by atoms with E-state index in [2.05, 4.69) is 50.7 Å². The molecule has 1 saturated carbocycles. The summed E-state index contributed by atoms with van der Waals surface area (Å²) in [4.78, 5) is 0. The molecule has 1 fully saturated rings. The van der Waals surface area contributed by atoms with E-state index in [0.717, 1.165) is 24.8 Å². The highest BCUT2D eigenvalue weighted by atomic mass is 15.4. The van der Waals surface area contributed by atoms with Gasteiger partial charge in [-0.1, -0.05) is 17.3 Å². The number of benzene rings is 1. The Morgan fingerprint density at radius 3 is 2.95 bits per heavy atom. The minimum Gasteiger partial charge on any atom is -0.341 e. The van der Waals surface area contributed by atoms with E-state index in [-0.39, 0.29) is 0 Å². The van der Waals surface area contributed by atoms with Crippen molar-refractivity contribution in [2.24, 2.45) is 7.05 Å². The molecule has 2 aromatic heterocycles. The molecule has 1 aromatic carbocycles. The number of nitrogens with zero attached hydrogens (tertiary/aromatic N) is 4. The quantitative estimate of drug-likeness (QED) is 0.779. The standard InChI is InChI=1S/C16H19N5/c1-20-10-15(18-19-20)11-21-7-6-13-3-2-12(8-16(13)21)9-17-14-4-5-14/h2-3,6-8,10,14,17H,4-5,9,11H2,1H3. The lowest BCUT2D eigenvalue weighted by Gasteiger charge is -2.06. The van der Waals surface area contributed by atoms with Crippen LogP contribution in [-0.2, 0) is 20.1 Å². The van der Waals surface area contributed by atoms with Gasteiger partial charge in [0.25, 0.3) is 0 Å². The topological polar surface area (TPSA) is 47.7 Å². The molecule has 5 nitrogen and oxygen atoms in total. The number of hydrogen-bond acceptors (Lipinski definition) is 3. The van der Waals surface area contributed by atoms with Crippen LogP contribution >= 0.6 is 0 Å². The van der Waals surface area contributed by atoms with Crippen molar-refractivity contribution in [1.82, 2.24) is 24.9 Å². The summed E-state index contributed by atoms with van der Waals surface area (Å²) in [5, 5.41) is 13.0. The zero-order chi connectivity index (χ0) is 14.2. The van der Waals surface area contributed by atoms with Crippen LogP contribution in [0.3, 0.4) is 0 Å². The molecule has 3 aromatic rings. The lowest BCUT2D eigenvalue weighted by Crippen LogP contribution is -2.15.